The van der Waals surface area contributed by atoms with Gasteiger partial charge in [-0.1, -0.05) is 76.6 Å². The van der Waals surface area contributed by atoms with E-state index in [1.54, 1.807) is 30.0 Å². The number of nitrogens with zero attached hydrogens (tertiary/aromatic N) is 2. The first-order valence-corrected chi connectivity index (χ1v) is 13.6. The molecular weight excluding hydrogens is 572 g/mol. The van der Waals surface area contributed by atoms with Crippen LogP contribution >= 0.6 is 40.3 Å². The van der Waals surface area contributed by atoms with Crippen LogP contribution in [-0.4, -0.2) is 9.85 Å². The molecule has 0 heterocycles. The number of rotatable bonds is 6. The zero-order valence-corrected chi connectivity index (χ0v) is 23.7. The van der Waals surface area contributed by atoms with Crippen molar-refractivity contribution in [1.29, 1.82) is 0 Å². The molecule has 0 aliphatic carbocycles. The Labute approximate surface area is 235 Å². The van der Waals surface area contributed by atoms with Gasteiger partial charge >= 0.3 is 0 Å². The third-order valence-corrected chi connectivity index (χ3v) is 7.49. The molecule has 0 atom stereocenters. The van der Waals surface area contributed by atoms with Gasteiger partial charge in [0.25, 0.3) is 11.4 Å². The van der Waals surface area contributed by atoms with Crippen LogP contribution in [0.25, 0.3) is 0 Å². The summed E-state index contributed by atoms with van der Waals surface area (Å²) < 4.78 is 0.892. The van der Waals surface area contributed by atoms with Crippen molar-refractivity contribution in [3.63, 3.8) is 0 Å². The van der Waals surface area contributed by atoms with Crippen molar-refractivity contribution < 1.29 is 9.85 Å². The lowest BCUT2D eigenvalue weighted by Gasteiger charge is -2.05. The van der Waals surface area contributed by atoms with Gasteiger partial charge in [-0.15, -0.1) is 11.8 Å². The Bertz CT molecular complexity index is 1310. The van der Waals surface area contributed by atoms with E-state index >= 15 is 0 Å². The van der Waals surface area contributed by atoms with E-state index in [0.29, 0.717) is 0 Å². The minimum Gasteiger partial charge on any atom is -0.258 e. The molecule has 0 bridgehead atoms. The first kappa shape index (κ1) is 30.1. The van der Waals surface area contributed by atoms with Gasteiger partial charge in [-0.2, -0.15) is 12.6 Å². The summed E-state index contributed by atoms with van der Waals surface area (Å²) in [6, 6.07) is 30.0. The molecule has 192 valence electrons. The summed E-state index contributed by atoms with van der Waals surface area (Å²) in [6.07, 6.45) is 0. The molecule has 0 aromatic heterocycles. The summed E-state index contributed by atoms with van der Waals surface area (Å²) in [7, 11) is 0. The smallest absolute Gasteiger partial charge is 0.258 e. The zero-order chi connectivity index (χ0) is 27.2. The SMILES string of the molecule is Cc1cc([N+](=O)[O-])ccc1Br.Cc1cc([N+](=O)[O-])ccc1SCc1ccccc1.SCc1ccccc1. The summed E-state index contributed by atoms with van der Waals surface area (Å²) in [5.74, 6) is 1.71. The molecule has 0 unspecified atom stereocenters. The fourth-order valence-corrected chi connectivity index (χ4v) is 4.39. The van der Waals surface area contributed by atoms with Crippen molar-refractivity contribution in [1.82, 2.24) is 0 Å². The van der Waals surface area contributed by atoms with Crippen LogP contribution in [0.4, 0.5) is 11.4 Å². The second-order valence-corrected chi connectivity index (χ2v) is 10.0. The lowest BCUT2D eigenvalue weighted by molar-refractivity contribution is -0.385. The van der Waals surface area contributed by atoms with E-state index in [-0.39, 0.29) is 16.3 Å². The van der Waals surface area contributed by atoms with Crippen molar-refractivity contribution in [2.75, 3.05) is 0 Å². The monoisotopic (exact) mass is 598 g/mol. The Kier molecular flexibility index (Phi) is 12.9. The molecule has 9 heteroatoms. The standard InChI is InChI=1S/C14H13NO2S.C7H6BrNO2.C7H8S/c1-11-9-13(15(16)17)7-8-14(11)18-10-12-5-3-2-4-6-12;1-5-4-6(9(10)11)2-3-7(5)8;8-6-7-4-2-1-3-5-7/h2-9H,10H2,1H3;2-4H,1H3;1-5,8H,6H2. The zero-order valence-electron chi connectivity index (χ0n) is 20.4. The minimum absolute atomic E-state index is 0.130. The average Bonchev–Trinajstić information content (AvgIpc) is 2.91. The molecule has 0 fully saturated rings. The molecule has 0 saturated carbocycles. The number of halogens is 1. The molecule has 0 radical (unpaired) electrons. The van der Waals surface area contributed by atoms with Crippen LogP contribution in [0, 0.1) is 34.1 Å². The maximum atomic E-state index is 10.6. The predicted octanol–water partition coefficient (Wildman–Crippen LogP) is 8.98. The largest absolute Gasteiger partial charge is 0.269 e. The van der Waals surface area contributed by atoms with Gasteiger partial charge in [-0.3, -0.25) is 20.2 Å². The van der Waals surface area contributed by atoms with Crippen LogP contribution in [0.3, 0.4) is 0 Å². The molecule has 0 aliphatic heterocycles. The minimum atomic E-state index is -0.403. The van der Waals surface area contributed by atoms with E-state index in [4.69, 9.17) is 0 Å². The predicted molar refractivity (Wildman–Crippen MR) is 159 cm³/mol. The highest BCUT2D eigenvalue weighted by molar-refractivity contribution is 9.10. The van der Waals surface area contributed by atoms with Crippen LogP contribution in [0.2, 0.25) is 0 Å². The Balaban J connectivity index is 0.000000215. The Morgan fingerprint density at radius 2 is 1.22 bits per heavy atom. The van der Waals surface area contributed by atoms with E-state index in [1.807, 2.05) is 56.3 Å². The molecule has 6 nitrogen and oxygen atoms in total. The maximum Gasteiger partial charge on any atom is 0.269 e. The Morgan fingerprint density at radius 1 is 0.730 bits per heavy atom. The van der Waals surface area contributed by atoms with E-state index in [2.05, 4.69) is 52.8 Å². The number of nitro benzene ring substituents is 2. The fourth-order valence-electron chi connectivity index (χ4n) is 2.97. The van der Waals surface area contributed by atoms with Gasteiger partial charge in [0.2, 0.25) is 0 Å². The van der Waals surface area contributed by atoms with Crippen molar-refractivity contribution in [3.8, 4) is 0 Å². The van der Waals surface area contributed by atoms with Crippen LogP contribution in [-0.2, 0) is 11.5 Å². The van der Waals surface area contributed by atoms with Gasteiger partial charge in [0, 0.05) is 45.1 Å². The van der Waals surface area contributed by atoms with E-state index in [1.165, 1.54) is 23.3 Å². The number of benzene rings is 4. The van der Waals surface area contributed by atoms with Gasteiger partial charge in [-0.05, 0) is 48.2 Å². The molecule has 0 aliphatic rings. The second-order valence-electron chi connectivity index (χ2n) is 7.82. The first-order valence-electron chi connectivity index (χ1n) is 11.2. The number of aryl methyl sites for hydroxylation is 2. The molecule has 37 heavy (non-hydrogen) atoms. The van der Waals surface area contributed by atoms with Gasteiger partial charge in [0.15, 0.2) is 0 Å². The summed E-state index contributed by atoms with van der Waals surface area (Å²) >= 11 is 9.06. The van der Waals surface area contributed by atoms with Crippen molar-refractivity contribution in [3.05, 3.63) is 144 Å². The van der Waals surface area contributed by atoms with Gasteiger partial charge in [0.1, 0.15) is 0 Å². The van der Waals surface area contributed by atoms with Crippen molar-refractivity contribution in [2.24, 2.45) is 0 Å². The number of thioether (sulfide) groups is 1. The fraction of sp³-hybridized carbons (Fsp3) is 0.143. The van der Waals surface area contributed by atoms with Crippen LogP contribution in [0.1, 0.15) is 22.3 Å². The number of thiol groups is 1. The molecular formula is C28H27BrN2O4S2. The molecule has 0 N–H and O–H groups in total. The second kappa shape index (κ2) is 15.9. The lowest BCUT2D eigenvalue weighted by atomic mass is 10.2. The molecule has 0 amide bonds. The number of hydrogen-bond donors (Lipinski definition) is 1. The lowest BCUT2D eigenvalue weighted by Crippen LogP contribution is -1.90. The molecule has 4 aromatic rings. The summed E-state index contributed by atoms with van der Waals surface area (Å²) in [4.78, 5) is 21.2. The Hall–Kier alpha value is -3.14. The summed E-state index contributed by atoms with van der Waals surface area (Å²) in [5, 5.41) is 20.9. The third-order valence-electron chi connectivity index (χ3n) is 4.98. The van der Waals surface area contributed by atoms with Crippen LogP contribution in [0.5, 0.6) is 0 Å². The van der Waals surface area contributed by atoms with Crippen LogP contribution in [0.15, 0.2) is 106 Å². The topological polar surface area (TPSA) is 86.3 Å². The van der Waals surface area contributed by atoms with E-state index < -0.39 is 4.92 Å². The highest BCUT2D eigenvalue weighted by atomic mass is 79.9. The van der Waals surface area contributed by atoms with Gasteiger partial charge in [-0.25, -0.2) is 0 Å². The molecule has 4 rings (SSSR count). The molecule has 0 spiro atoms. The summed E-state index contributed by atoms with van der Waals surface area (Å²) in [5.41, 5.74) is 4.63. The van der Waals surface area contributed by atoms with E-state index in [0.717, 1.165) is 32.0 Å². The quantitative estimate of drug-likeness (QED) is 0.103. The number of hydrogen-bond acceptors (Lipinski definition) is 6. The summed E-state index contributed by atoms with van der Waals surface area (Å²) in [6.45, 7) is 3.72. The number of non-ortho nitro benzene ring substituents is 2. The number of nitro groups is 2. The third kappa shape index (κ3) is 10.8. The Morgan fingerprint density at radius 3 is 1.65 bits per heavy atom. The average molecular weight is 600 g/mol. The van der Waals surface area contributed by atoms with Crippen LogP contribution < -0.4 is 0 Å². The molecule has 4 aromatic carbocycles. The maximum absolute atomic E-state index is 10.6. The van der Waals surface area contributed by atoms with Gasteiger partial charge < -0.3 is 0 Å². The highest BCUT2D eigenvalue weighted by Gasteiger charge is 2.08. The normalized spacial score (nSPS) is 9.84. The van der Waals surface area contributed by atoms with Crippen molar-refractivity contribution in [2.45, 2.75) is 30.2 Å². The van der Waals surface area contributed by atoms with E-state index in [9.17, 15) is 20.2 Å². The first-order chi connectivity index (χ1) is 17.7. The highest BCUT2D eigenvalue weighted by Crippen LogP contribution is 2.28. The van der Waals surface area contributed by atoms with Crippen molar-refractivity contribution >= 4 is 51.7 Å². The molecule has 0 saturated heterocycles. The van der Waals surface area contributed by atoms with Gasteiger partial charge in [0.05, 0.1) is 9.85 Å².